The van der Waals surface area contributed by atoms with Crippen molar-refractivity contribution in [2.75, 3.05) is 25.2 Å². The molecule has 0 radical (unpaired) electrons. The summed E-state index contributed by atoms with van der Waals surface area (Å²) in [7, 11) is 1.49. The van der Waals surface area contributed by atoms with Crippen molar-refractivity contribution in [3.63, 3.8) is 0 Å². The van der Waals surface area contributed by atoms with E-state index in [9.17, 15) is 15.2 Å². The molecule has 6 heteroatoms. The Hall–Kier alpha value is -1.82. The summed E-state index contributed by atoms with van der Waals surface area (Å²) in [6.07, 6.45) is 0.968. The zero-order valence-electron chi connectivity index (χ0n) is 11.1. The molecule has 1 aromatic rings. The van der Waals surface area contributed by atoms with Gasteiger partial charge < -0.3 is 14.7 Å². The molecular formula is C13H18N2O4. The molecule has 0 saturated carbocycles. The first kappa shape index (κ1) is 13.6. The van der Waals surface area contributed by atoms with E-state index in [-0.39, 0.29) is 18.3 Å². The maximum atomic E-state index is 10.9. The Morgan fingerprint density at radius 2 is 2.26 bits per heavy atom. The van der Waals surface area contributed by atoms with Gasteiger partial charge in [-0.05, 0) is 12.3 Å². The van der Waals surface area contributed by atoms with Crippen LogP contribution in [-0.2, 0) is 0 Å². The lowest BCUT2D eigenvalue weighted by atomic mass is 10.0. The average Bonchev–Trinajstić information content (AvgIpc) is 2.79. The highest BCUT2D eigenvalue weighted by Gasteiger charge is 2.31. The number of non-ortho nitro benzene ring substituents is 1. The molecule has 2 unspecified atom stereocenters. The van der Waals surface area contributed by atoms with Crippen LogP contribution >= 0.6 is 0 Å². The van der Waals surface area contributed by atoms with E-state index in [1.165, 1.54) is 19.2 Å². The Balaban J connectivity index is 2.38. The minimum absolute atomic E-state index is 0.00518. The molecule has 1 aliphatic rings. The summed E-state index contributed by atoms with van der Waals surface area (Å²) >= 11 is 0. The van der Waals surface area contributed by atoms with Crippen LogP contribution in [-0.4, -0.2) is 36.3 Å². The quantitative estimate of drug-likeness (QED) is 0.664. The zero-order chi connectivity index (χ0) is 14.0. The minimum atomic E-state index is -0.431. The minimum Gasteiger partial charge on any atom is -0.496 e. The van der Waals surface area contributed by atoms with Crippen molar-refractivity contribution in [2.24, 2.45) is 5.92 Å². The van der Waals surface area contributed by atoms with E-state index < -0.39 is 4.92 Å². The molecule has 0 bridgehead atoms. The molecule has 1 heterocycles. The number of ether oxygens (including phenoxy) is 1. The fourth-order valence-corrected chi connectivity index (χ4v) is 2.56. The lowest BCUT2D eigenvalue weighted by Gasteiger charge is -2.27. The number of nitro groups is 1. The summed E-state index contributed by atoms with van der Waals surface area (Å²) in [5.74, 6) is 0.829. The number of methoxy groups -OCH3 is 1. The van der Waals surface area contributed by atoms with Crippen molar-refractivity contribution in [2.45, 2.75) is 19.4 Å². The van der Waals surface area contributed by atoms with E-state index in [2.05, 4.69) is 6.92 Å². The van der Waals surface area contributed by atoms with Crippen LogP contribution in [0.15, 0.2) is 18.2 Å². The first-order chi connectivity index (χ1) is 9.06. The number of anilines is 1. The van der Waals surface area contributed by atoms with Crippen LogP contribution < -0.4 is 9.64 Å². The van der Waals surface area contributed by atoms with Gasteiger partial charge in [-0.1, -0.05) is 6.92 Å². The summed E-state index contributed by atoms with van der Waals surface area (Å²) in [4.78, 5) is 12.5. The summed E-state index contributed by atoms with van der Waals surface area (Å²) in [6, 6.07) is 4.71. The normalized spacial score (nSPS) is 22.6. The first-order valence-corrected chi connectivity index (χ1v) is 6.27. The Morgan fingerprint density at radius 3 is 2.84 bits per heavy atom. The number of rotatable bonds is 4. The Bertz CT molecular complexity index is 478. The van der Waals surface area contributed by atoms with Gasteiger partial charge in [0.1, 0.15) is 5.75 Å². The molecule has 0 spiro atoms. The predicted octanol–water partition coefficient (Wildman–Crippen LogP) is 1.81. The van der Waals surface area contributed by atoms with Crippen molar-refractivity contribution < 1.29 is 14.8 Å². The maximum Gasteiger partial charge on any atom is 0.275 e. The lowest BCUT2D eigenvalue weighted by molar-refractivity contribution is -0.384. The number of hydrogen-bond donors (Lipinski definition) is 1. The predicted molar refractivity (Wildman–Crippen MR) is 71.6 cm³/mol. The second kappa shape index (κ2) is 5.44. The van der Waals surface area contributed by atoms with Gasteiger partial charge >= 0.3 is 0 Å². The van der Waals surface area contributed by atoms with Gasteiger partial charge in [0, 0.05) is 24.4 Å². The Morgan fingerprint density at radius 1 is 1.53 bits per heavy atom. The molecule has 2 atom stereocenters. The summed E-state index contributed by atoms with van der Waals surface area (Å²) in [6.45, 7) is 2.92. The number of nitrogens with zero attached hydrogens (tertiary/aromatic N) is 2. The van der Waals surface area contributed by atoms with E-state index in [0.717, 1.165) is 18.7 Å². The standard InChI is InChI=1S/C13H18N2O4/c1-9-3-4-14(13(9)8-16)10-5-11(15(17)18)7-12(6-10)19-2/h5-7,9,13,16H,3-4,8H2,1-2H3. The third kappa shape index (κ3) is 2.63. The van der Waals surface area contributed by atoms with Crippen LogP contribution in [0.1, 0.15) is 13.3 Å². The number of aliphatic hydroxyl groups excluding tert-OH is 1. The van der Waals surface area contributed by atoms with Crippen LogP contribution in [0.5, 0.6) is 5.75 Å². The van der Waals surface area contributed by atoms with Gasteiger partial charge in [0.2, 0.25) is 0 Å². The van der Waals surface area contributed by atoms with E-state index in [0.29, 0.717) is 11.7 Å². The molecule has 1 N–H and O–H groups in total. The van der Waals surface area contributed by atoms with Gasteiger partial charge in [-0.2, -0.15) is 0 Å². The van der Waals surface area contributed by atoms with Gasteiger partial charge in [0.05, 0.1) is 30.7 Å². The fourth-order valence-electron chi connectivity index (χ4n) is 2.56. The van der Waals surface area contributed by atoms with Gasteiger partial charge in [-0.3, -0.25) is 10.1 Å². The van der Waals surface area contributed by atoms with Crippen molar-refractivity contribution in [1.82, 2.24) is 0 Å². The van der Waals surface area contributed by atoms with Crippen LogP contribution in [0.2, 0.25) is 0 Å². The van der Waals surface area contributed by atoms with Crippen molar-refractivity contribution in [3.8, 4) is 5.75 Å². The molecule has 1 aliphatic heterocycles. The van der Waals surface area contributed by atoms with Gasteiger partial charge in [-0.25, -0.2) is 0 Å². The Labute approximate surface area is 111 Å². The molecule has 19 heavy (non-hydrogen) atoms. The molecule has 0 aliphatic carbocycles. The Kier molecular flexibility index (Phi) is 3.90. The van der Waals surface area contributed by atoms with E-state index in [1.807, 2.05) is 4.90 Å². The van der Waals surface area contributed by atoms with Gasteiger partial charge in [0.25, 0.3) is 5.69 Å². The average molecular weight is 266 g/mol. The molecule has 1 fully saturated rings. The van der Waals surface area contributed by atoms with E-state index in [1.54, 1.807) is 6.07 Å². The van der Waals surface area contributed by atoms with Gasteiger partial charge in [0.15, 0.2) is 0 Å². The highest BCUT2D eigenvalue weighted by molar-refractivity contribution is 5.59. The molecular weight excluding hydrogens is 248 g/mol. The number of aliphatic hydroxyl groups is 1. The van der Waals surface area contributed by atoms with Crippen LogP contribution in [0.25, 0.3) is 0 Å². The molecule has 104 valence electrons. The zero-order valence-corrected chi connectivity index (χ0v) is 11.1. The van der Waals surface area contributed by atoms with Crippen molar-refractivity contribution in [3.05, 3.63) is 28.3 Å². The van der Waals surface area contributed by atoms with Crippen molar-refractivity contribution >= 4 is 11.4 Å². The topological polar surface area (TPSA) is 75.8 Å². The molecule has 1 saturated heterocycles. The fraction of sp³-hybridized carbons (Fsp3) is 0.538. The van der Waals surface area contributed by atoms with Crippen LogP contribution in [0.4, 0.5) is 11.4 Å². The SMILES string of the molecule is COc1cc(N2CCC(C)C2CO)cc([N+](=O)[O-])c1. The highest BCUT2D eigenvalue weighted by atomic mass is 16.6. The number of hydrogen-bond acceptors (Lipinski definition) is 5. The van der Waals surface area contributed by atoms with E-state index >= 15 is 0 Å². The first-order valence-electron chi connectivity index (χ1n) is 6.27. The maximum absolute atomic E-state index is 10.9. The summed E-state index contributed by atoms with van der Waals surface area (Å²) < 4.78 is 5.11. The lowest BCUT2D eigenvalue weighted by Crippen LogP contribution is -2.35. The summed E-state index contributed by atoms with van der Waals surface area (Å²) in [5.41, 5.74) is 0.736. The number of benzene rings is 1. The third-order valence-electron chi connectivity index (χ3n) is 3.72. The third-order valence-corrected chi connectivity index (χ3v) is 3.72. The van der Waals surface area contributed by atoms with Crippen LogP contribution in [0, 0.1) is 16.0 Å². The smallest absolute Gasteiger partial charge is 0.275 e. The molecule has 0 amide bonds. The van der Waals surface area contributed by atoms with Crippen LogP contribution in [0.3, 0.4) is 0 Å². The molecule has 0 aromatic heterocycles. The van der Waals surface area contributed by atoms with E-state index in [4.69, 9.17) is 4.74 Å². The van der Waals surface area contributed by atoms with Gasteiger partial charge in [-0.15, -0.1) is 0 Å². The number of nitro benzene ring substituents is 1. The van der Waals surface area contributed by atoms with Crippen molar-refractivity contribution in [1.29, 1.82) is 0 Å². The summed E-state index contributed by atoms with van der Waals surface area (Å²) in [5, 5.41) is 20.4. The second-order valence-corrected chi connectivity index (χ2v) is 4.86. The second-order valence-electron chi connectivity index (χ2n) is 4.86. The largest absolute Gasteiger partial charge is 0.496 e. The molecule has 6 nitrogen and oxygen atoms in total. The molecule has 2 rings (SSSR count). The highest BCUT2D eigenvalue weighted by Crippen LogP contribution is 2.34. The molecule has 1 aromatic carbocycles. The monoisotopic (exact) mass is 266 g/mol.